The molecule has 1 aromatic carbocycles. The van der Waals surface area contributed by atoms with Crippen LogP contribution in [0.4, 0.5) is 0 Å². The molecule has 0 spiro atoms. The third kappa shape index (κ3) is 4.86. The summed E-state index contributed by atoms with van der Waals surface area (Å²) in [7, 11) is 0. The lowest BCUT2D eigenvalue weighted by atomic mass is 10.0. The SMILES string of the molecule is N=C(/C(=C\NCCCCCCN)c1cnc2ccccc2n1)C1CC1. The predicted octanol–water partition coefficient (Wildman–Crippen LogP) is 3.51. The van der Waals surface area contributed by atoms with Gasteiger partial charge in [-0.3, -0.25) is 4.98 Å². The summed E-state index contributed by atoms with van der Waals surface area (Å²) in [6.45, 7) is 1.68. The molecule has 0 aliphatic heterocycles. The van der Waals surface area contributed by atoms with Gasteiger partial charge in [0, 0.05) is 29.9 Å². The molecule has 1 fully saturated rings. The molecule has 0 atom stereocenters. The fourth-order valence-corrected chi connectivity index (χ4v) is 2.87. The average molecular weight is 337 g/mol. The molecule has 0 radical (unpaired) electrons. The Balaban J connectivity index is 1.70. The maximum Gasteiger partial charge on any atom is 0.0925 e. The lowest BCUT2D eigenvalue weighted by molar-refractivity contribution is 0.630. The Morgan fingerprint density at radius 1 is 1.16 bits per heavy atom. The fraction of sp³-hybridized carbons (Fsp3) is 0.450. The van der Waals surface area contributed by atoms with E-state index < -0.39 is 0 Å². The molecule has 0 unspecified atom stereocenters. The Morgan fingerprint density at radius 3 is 2.68 bits per heavy atom. The third-order valence-electron chi connectivity index (χ3n) is 4.52. The van der Waals surface area contributed by atoms with E-state index in [0.717, 1.165) is 61.1 Å². The summed E-state index contributed by atoms with van der Waals surface area (Å²) in [6.07, 6.45) is 10.5. The van der Waals surface area contributed by atoms with Gasteiger partial charge in [0.15, 0.2) is 0 Å². The number of nitrogens with zero attached hydrogens (tertiary/aromatic N) is 2. The molecule has 132 valence electrons. The van der Waals surface area contributed by atoms with E-state index in [9.17, 15) is 0 Å². The molecule has 0 bridgehead atoms. The molecular formula is C20H27N5. The quantitative estimate of drug-likeness (QED) is 0.457. The zero-order valence-corrected chi connectivity index (χ0v) is 14.7. The predicted molar refractivity (Wildman–Crippen MR) is 103 cm³/mol. The standard InChI is InChI=1S/C20H27N5/c21-11-5-1-2-6-12-23-13-16(20(22)15-9-10-15)19-14-24-17-7-3-4-8-18(17)25-19/h3-4,7-8,13-15,22-23H,1-2,5-6,9-12,21H2/b16-13-,22-20?. The van der Waals surface area contributed by atoms with Crippen molar-refractivity contribution in [2.24, 2.45) is 11.7 Å². The minimum atomic E-state index is 0.380. The van der Waals surface area contributed by atoms with Crippen molar-refractivity contribution in [1.29, 1.82) is 5.41 Å². The molecule has 3 rings (SSSR count). The summed E-state index contributed by atoms with van der Waals surface area (Å²) in [6, 6.07) is 7.86. The number of benzene rings is 1. The lowest BCUT2D eigenvalue weighted by Gasteiger charge is -2.10. The van der Waals surface area contributed by atoms with E-state index in [4.69, 9.17) is 16.1 Å². The molecule has 0 saturated heterocycles. The largest absolute Gasteiger partial charge is 0.390 e. The number of para-hydroxylation sites is 2. The first kappa shape index (κ1) is 17.5. The van der Waals surface area contributed by atoms with Crippen LogP contribution in [0.1, 0.15) is 44.2 Å². The second-order valence-corrected chi connectivity index (χ2v) is 6.65. The van der Waals surface area contributed by atoms with Gasteiger partial charge in [0.25, 0.3) is 0 Å². The highest BCUT2D eigenvalue weighted by Crippen LogP contribution is 2.35. The Bertz CT molecular complexity index is 749. The molecule has 1 heterocycles. The number of nitrogens with one attached hydrogen (secondary N) is 2. The van der Waals surface area contributed by atoms with E-state index in [1.807, 2.05) is 30.5 Å². The first-order valence-electron chi connectivity index (χ1n) is 9.24. The van der Waals surface area contributed by atoms with Crippen molar-refractivity contribution < 1.29 is 0 Å². The minimum absolute atomic E-state index is 0.380. The summed E-state index contributed by atoms with van der Waals surface area (Å²) in [5.41, 5.74) is 9.62. The third-order valence-corrected chi connectivity index (χ3v) is 4.52. The van der Waals surface area contributed by atoms with Crippen molar-refractivity contribution in [3.8, 4) is 0 Å². The van der Waals surface area contributed by atoms with Crippen LogP contribution >= 0.6 is 0 Å². The van der Waals surface area contributed by atoms with Gasteiger partial charge in [-0.2, -0.15) is 0 Å². The van der Waals surface area contributed by atoms with Crippen LogP contribution in [0.5, 0.6) is 0 Å². The fourth-order valence-electron chi connectivity index (χ4n) is 2.87. The van der Waals surface area contributed by atoms with Crippen LogP contribution in [0.3, 0.4) is 0 Å². The first-order valence-corrected chi connectivity index (χ1v) is 9.24. The van der Waals surface area contributed by atoms with E-state index in [-0.39, 0.29) is 0 Å². The second kappa shape index (κ2) is 8.72. The normalized spacial score (nSPS) is 14.7. The molecule has 4 N–H and O–H groups in total. The van der Waals surface area contributed by atoms with Crippen LogP contribution in [-0.2, 0) is 0 Å². The molecular weight excluding hydrogens is 310 g/mol. The number of rotatable bonds is 10. The Labute approximate surface area is 149 Å². The molecule has 2 aromatic rings. The van der Waals surface area contributed by atoms with Gasteiger partial charge in [-0.25, -0.2) is 4.98 Å². The molecule has 1 aromatic heterocycles. The number of fused-ring (bicyclic) bond motifs is 1. The van der Waals surface area contributed by atoms with Gasteiger partial charge in [-0.1, -0.05) is 25.0 Å². The summed E-state index contributed by atoms with van der Waals surface area (Å²) in [4.78, 5) is 9.22. The average Bonchev–Trinajstić information content (AvgIpc) is 3.48. The van der Waals surface area contributed by atoms with Crippen molar-refractivity contribution in [1.82, 2.24) is 15.3 Å². The molecule has 0 amide bonds. The number of hydrogen-bond donors (Lipinski definition) is 3. The van der Waals surface area contributed by atoms with Crippen molar-refractivity contribution in [3.63, 3.8) is 0 Å². The summed E-state index contributed by atoms with van der Waals surface area (Å²) < 4.78 is 0. The summed E-state index contributed by atoms with van der Waals surface area (Å²) >= 11 is 0. The van der Waals surface area contributed by atoms with Gasteiger partial charge in [-0.05, 0) is 44.4 Å². The summed E-state index contributed by atoms with van der Waals surface area (Å²) in [5.74, 6) is 0.380. The topological polar surface area (TPSA) is 87.7 Å². The van der Waals surface area contributed by atoms with E-state index >= 15 is 0 Å². The number of hydrogen-bond acceptors (Lipinski definition) is 5. The molecule has 1 aliphatic rings. The van der Waals surface area contributed by atoms with Crippen molar-refractivity contribution >= 4 is 22.3 Å². The van der Waals surface area contributed by atoms with Crippen LogP contribution in [-0.4, -0.2) is 28.8 Å². The zero-order chi connectivity index (χ0) is 17.5. The summed E-state index contributed by atoms with van der Waals surface area (Å²) in [5, 5.41) is 11.9. The maximum absolute atomic E-state index is 8.49. The molecule has 25 heavy (non-hydrogen) atoms. The highest BCUT2D eigenvalue weighted by atomic mass is 14.9. The minimum Gasteiger partial charge on any atom is -0.390 e. The maximum atomic E-state index is 8.49. The highest BCUT2D eigenvalue weighted by molar-refractivity contribution is 6.23. The number of aromatic nitrogens is 2. The van der Waals surface area contributed by atoms with Gasteiger partial charge in [0.2, 0.25) is 0 Å². The second-order valence-electron chi connectivity index (χ2n) is 6.65. The van der Waals surface area contributed by atoms with Crippen LogP contribution in [0.15, 0.2) is 36.7 Å². The number of unbranched alkanes of at least 4 members (excludes halogenated alkanes) is 3. The monoisotopic (exact) mass is 337 g/mol. The number of allylic oxidation sites excluding steroid dienone is 1. The van der Waals surface area contributed by atoms with Gasteiger partial charge in [0.1, 0.15) is 0 Å². The van der Waals surface area contributed by atoms with Crippen LogP contribution in [0.2, 0.25) is 0 Å². The Kier molecular flexibility index (Phi) is 6.12. The molecule has 1 aliphatic carbocycles. The first-order chi connectivity index (χ1) is 12.3. The highest BCUT2D eigenvalue weighted by Gasteiger charge is 2.29. The Morgan fingerprint density at radius 2 is 1.92 bits per heavy atom. The zero-order valence-electron chi connectivity index (χ0n) is 14.7. The van der Waals surface area contributed by atoms with Crippen molar-refractivity contribution in [2.75, 3.05) is 13.1 Å². The van der Waals surface area contributed by atoms with Gasteiger partial charge >= 0.3 is 0 Å². The van der Waals surface area contributed by atoms with Crippen LogP contribution < -0.4 is 11.1 Å². The molecule has 5 heteroatoms. The van der Waals surface area contributed by atoms with Crippen LogP contribution in [0, 0.1) is 11.3 Å². The van der Waals surface area contributed by atoms with Gasteiger partial charge in [-0.15, -0.1) is 0 Å². The van der Waals surface area contributed by atoms with Gasteiger partial charge < -0.3 is 16.5 Å². The lowest BCUT2D eigenvalue weighted by Crippen LogP contribution is -2.13. The number of nitrogens with two attached hydrogens (primary N) is 1. The van der Waals surface area contributed by atoms with E-state index in [1.54, 1.807) is 6.20 Å². The van der Waals surface area contributed by atoms with Crippen molar-refractivity contribution in [2.45, 2.75) is 38.5 Å². The smallest absolute Gasteiger partial charge is 0.0925 e. The molecule has 1 saturated carbocycles. The van der Waals surface area contributed by atoms with E-state index in [1.165, 1.54) is 12.8 Å². The van der Waals surface area contributed by atoms with E-state index in [2.05, 4.69) is 10.3 Å². The molecule has 5 nitrogen and oxygen atoms in total. The van der Waals surface area contributed by atoms with Crippen molar-refractivity contribution in [3.05, 3.63) is 42.4 Å². The van der Waals surface area contributed by atoms with E-state index in [0.29, 0.717) is 11.6 Å². The van der Waals surface area contributed by atoms with Crippen LogP contribution in [0.25, 0.3) is 16.6 Å². The van der Waals surface area contributed by atoms with Gasteiger partial charge in [0.05, 0.1) is 22.9 Å². The Hall–Kier alpha value is -2.27.